The zero-order valence-corrected chi connectivity index (χ0v) is 20.8. The zero-order chi connectivity index (χ0) is 24.4. The number of pyridine rings is 1. The van der Waals surface area contributed by atoms with E-state index in [9.17, 15) is 17.6 Å². The van der Waals surface area contributed by atoms with Gasteiger partial charge in [-0.1, -0.05) is 53.5 Å². The van der Waals surface area contributed by atoms with Gasteiger partial charge in [-0.25, -0.2) is 17.5 Å². The number of sulfonamides is 1. The lowest BCUT2D eigenvalue weighted by Crippen LogP contribution is -2.50. The topological polar surface area (TPSA) is 88.6 Å². The molecule has 3 rings (SSSR count). The molecule has 0 radical (unpaired) electrons. The van der Waals surface area contributed by atoms with Crippen molar-refractivity contribution in [1.29, 1.82) is 0 Å². The normalized spacial score (nSPS) is 20.4. The molecular weight excluding hydrogens is 492 g/mol. The van der Waals surface area contributed by atoms with E-state index in [0.29, 0.717) is 11.3 Å². The number of halogens is 3. The molecule has 2 atom stereocenters. The van der Waals surface area contributed by atoms with E-state index in [1.807, 2.05) is 30.3 Å². The van der Waals surface area contributed by atoms with Crippen LogP contribution in [0.2, 0.25) is 0 Å². The molecule has 1 amide bonds. The average molecular weight is 518 g/mol. The van der Waals surface area contributed by atoms with Gasteiger partial charge in [-0.3, -0.25) is 9.78 Å². The van der Waals surface area contributed by atoms with E-state index in [2.05, 4.69) is 9.71 Å². The van der Waals surface area contributed by atoms with Crippen LogP contribution in [0.3, 0.4) is 0 Å². The number of hydrogen-bond donors (Lipinski definition) is 1. The number of benzene rings is 1. The number of nitrogens with zero attached hydrogens (tertiary/aromatic N) is 2. The van der Waals surface area contributed by atoms with Gasteiger partial charge in [0.2, 0.25) is 10.0 Å². The molecule has 2 heterocycles. The minimum atomic E-state index is -3.29. The summed E-state index contributed by atoms with van der Waals surface area (Å²) in [7, 11) is -3.29. The molecule has 11 heteroatoms. The van der Waals surface area contributed by atoms with Crippen molar-refractivity contribution >= 4 is 39.1 Å². The molecule has 1 aliphatic rings. The summed E-state index contributed by atoms with van der Waals surface area (Å²) < 4.78 is 45.6. The number of aromatic nitrogens is 1. The second-order valence-corrected chi connectivity index (χ2v) is 11.3. The Balaban J connectivity index is 1.76. The van der Waals surface area contributed by atoms with Crippen molar-refractivity contribution in [3.8, 4) is 11.1 Å². The minimum Gasteiger partial charge on any atom is -0.346 e. The highest BCUT2D eigenvalue weighted by atomic mass is 35.5. The third-order valence-electron chi connectivity index (χ3n) is 5.51. The largest absolute Gasteiger partial charge is 0.346 e. The first-order valence-electron chi connectivity index (χ1n) is 10.4. The van der Waals surface area contributed by atoms with Crippen molar-refractivity contribution in [3.63, 3.8) is 0 Å². The summed E-state index contributed by atoms with van der Waals surface area (Å²) in [5.74, 6) is -0.593. The van der Waals surface area contributed by atoms with E-state index in [1.54, 1.807) is 33.0 Å². The molecule has 33 heavy (non-hydrogen) atoms. The van der Waals surface area contributed by atoms with E-state index in [4.69, 9.17) is 27.9 Å². The molecule has 0 bridgehead atoms. The number of carbonyl (C=O) groups excluding carboxylic acids is 1. The summed E-state index contributed by atoms with van der Waals surface area (Å²) in [6, 6.07) is 10.1. The van der Waals surface area contributed by atoms with Crippen molar-refractivity contribution in [1.82, 2.24) is 14.6 Å². The van der Waals surface area contributed by atoms with Gasteiger partial charge < -0.3 is 9.64 Å². The highest BCUT2D eigenvalue weighted by molar-refractivity contribution is 7.89. The molecule has 1 aliphatic heterocycles. The predicted octanol–water partition coefficient (Wildman–Crippen LogP) is 3.97. The van der Waals surface area contributed by atoms with Gasteiger partial charge in [0, 0.05) is 11.8 Å². The maximum absolute atomic E-state index is 14.0. The Hall–Kier alpha value is -1.78. The fourth-order valence-electron chi connectivity index (χ4n) is 3.81. The van der Waals surface area contributed by atoms with Crippen LogP contribution in [0.25, 0.3) is 11.1 Å². The third-order valence-corrected chi connectivity index (χ3v) is 7.23. The summed E-state index contributed by atoms with van der Waals surface area (Å²) in [6.07, 6.45) is 0.980. The molecule has 0 saturated carbocycles. The van der Waals surface area contributed by atoms with Crippen LogP contribution in [0.4, 0.5) is 4.39 Å². The quantitative estimate of drug-likeness (QED) is 0.535. The number of ether oxygens (including phenoxy) is 1. The lowest BCUT2D eigenvalue weighted by molar-refractivity contribution is -0.145. The first-order valence-corrected chi connectivity index (χ1v) is 12.9. The van der Waals surface area contributed by atoms with Crippen LogP contribution in [0, 0.1) is 0 Å². The summed E-state index contributed by atoms with van der Waals surface area (Å²) >= 11 is 11.5. The molecule has 0 unspecified atom stereocenters. The fourth-order valence-corrected chi connectivity index (χ4v) is 4.59. The Bertz CT molecular complexity index is 1080. The van der Waals surface area contributed by atoms with Gasteiger partial charge in [0.15, 0.2) is 4.84 Å². The SMILES string of the molecule is CCS(=O)(=O)NCc1ccc(-c2ccc([C@H]3OC(C)(C)N(C(=O)C(Cl)Cl)[C@@H]3CF)cc2)cn1. The predicted molar refractivity (Wildman–Crippen MR) is 126 cm³/mol. The van der Waals surface area contributed by atoms with Crippen molar-refractivity contribution in [2.75, 3.05) is 12.4 Å². The number of carbonyl (C=O) groups is 1. The Morgan fingerprint density at radius 2 is 1.85 bits per heavy atom. The molecule has 180 valence electrons. The molecule has 7 nitrogen and oxygen atoms in total. The maximum atomic E-state index is 14.0. The molecular formula is C22H26Cl2FN3O4S. The van der Waals surface area contributed by atoms with Crippen LogP contribution >= 0.6 is 23.2 Å². The van der Waals surface area contributed by atoms with Gasteiger partial charge in [0.1, 0.15) is 18.5 Å². The molecule has 1 N–H and O–H groups in total. The standard InChI is InChI=1S/C22H26Cl2FN3O4S/c1-4-33(30,31)27-13-17-10-9-16(12-26-17)14-5-7-15(8-6-14)19-18(11-25)28(21(29)20(23)24)22(2,3)32-19/h5-10,12,18-20,27H,4,11,13H2,1-3H3/t18-,19-/m1/s1. The van der Waals surface area contributed by atoms with Crippen LogP contribution in [-0.4, -0.2) is 53.2 Å². The Morgan fingerprint density at radius 1 is 1.21 bits per heavy atom. The number of alkyl halides is 3. The van der Waals surface area contributed by atoms with Gasteiger partial charge in [0.05, 0.1) is 24.0 Å². The third kappa shape index (κ3) is 5.84. The lowest BCUT2D eigenvalue weighted by atomic mass is 9.99. The van der Waals surface area contributed by atoms with E-state index in [1.165, 1.54) is 4.90 Å². The van der Waals surface area contributed by atoms with Crippen molar-refractivity contribution in [2.45, 2.75) is 50.0 Å². The molecule has 1 fully saturated rings. The van der Waals surface area contributed by atoms with Gasteiger partial charge in [-0.2, -0.15) is 0 Å². The first-order chi connectivity index (χ1) is 15.5. The second kappa shape index (κ2) is 10.2. The van der Waals surface area contributed by atoms with Gasteiger partial charge in [-0.15, -0.1) is 0 Å². The van der Waals surface area contributed by atoms with E-state index >= 15 is 0 Å². The summed E-state index contributed by atoms with van der Waals surface area (Å²) in [6.45, 7) is 4.22. The molecule has 0 spiro atoms. The number of nitrogens with one attached hydrogen (secondary N) is 1. The van der Waals surface area contributed by atoms with Crippen LogP contribution in [0.5, 0.6) is 0 Å². The monoisotopic (exact) mass is 517 g/mol. The van der Waals surface area contributed by atoms with Crippen molar-refractivity contribution in [3.05, 3.63) is 53.9 Å². The van der Waals surface area contributed by atoms with Crippen molar-refractivity contribution in [2.24, 2.45) is 0 Å². The number of hydrogen-bond acceptors (Lipinski definition) is 5. The average Bonchev–Trinajstić information content (AvgIpc) is 3.07. The van der Waals surface area contributed by atoms with Crippen LogP contribution in [0.15, 0.2) is 42.6 Å². The van der Waals surface area contributed by atoms with Crippen LogP contribution in [-0.2, 0) is 26.1 Å². The van der Waals surface area contributed by atoms with Crippen LogP contribution in [0.1, 0.15) is 38.1 Å². The second-order valence-electron chi connectivity index (χ2n) is 8.10. The maximum Gasteiger partial charge on any atom is 0.258 e. The molecule has 2 aromatic rings. The highest BCUT2D eigenvalue weighted by Crippen LogP contribution is 2.42. The minimum absolute atomic E-state index is 0.00679. The number of amides is 1. The summed E-state index contributed by atoms with van der Waals surface area (Å²) in [5, 5.41) is 0. The van der Waals surface area contributed by atoms with E-state index in [0.717, 1.165) is 11.1 Å². The Kier molecular flexibility index (Phi) is 8.01. The smallest absolute Gasteiger partial charge is 0.258 e. The first kappa shape index (κ1) is 25.8. The summed E-state index contributed by atoms with van der Waals surface area (Å²) in [4.78, 5) is 16.7. The van der Waals surface area contributed by atoms with Gasteiger partial charge in [0.25, 0.3) is 5.91 Å². The lowest BCUT2D eigenvalue weighted by Gasteiger charge is -2.33. The van der Waals surface area contributed by atoms with Gasteiger partial charge >= 0.3 is 0 Å². The molecule has 1 aromatic heterocycles. The van der Waals surface area contributed by atoms with Crippen molar-refractivity contribution < 1.29 is 22.3 Å². The molecule has 1 saturated heterocycles. The Morgan fingerprint density at radius 3 is 2.36 bits per heavy atom. The number of rotatable bonds is 8. The van der Waals surface area contributed by atoms with Crippen LogP contribution < -0.4 is 4.72 Å². The zero-order valence-electron chi connectivity index (χ0n) is 18.5. The summed E-state index contributed by atoms with van der Waals surface area (Å²) in [5.41, 5.74) is 1.95. The molecule has 1 aromatic carbocycles. The van der Waals surface area contributed by atoms with E-state index in [-0.39, 0.29) is 12.3 Å². The van der Waals surface area contributed by atoms with Gasteiger partial charge in [-0.05, 0) is 38.0 Å². The fraction of sp³-hybridized carbons (Fsp3) is 0.455. The highest BCUT2D eigenvalue weighted by Gasteiger charge is 2.51. The molecule has 0 aliphatic carbocycles. The Labute approximate surface area is 203 Å². The van der Waals surface area contributed by atoms with E-state index < -0.39 is 45.3 Å².